The minimum absolute atomic E-state index is 0.0640. The van der Waals surface area contributed by atoms with E-state index in [1.807, 2.05) is 0 Å². The molecule has 0 aromatic heterocycles. The van der Waals surface area contributed by atoms with Crippen LogP contribution in [0.15, 0.2) is 24.3 Å². The summed E-state index contributed by atoms with van der Waals surface area (Å²) in [7, 11) is 0. The molecule has 0 aliphatic heterocycles. The number of rotatable bonds is 8. The lowest BCUT2D eigenvalue weighted by atomic mass is 9.49. The second-order valence-corrected chi connectivity index (χ2v) is 8.87. The summed E-state index contributed by atoms with van der Waals surface area (Å²) in [6, 6.07) is 5.13. The van der Waals surface area contributed by atoms with Crippen LogP contribution in [-0.4, -0.2) is 37.4 Å². The van der Waals surface area contributed by atoms with Crippen LogP contribution < -0.4 is 10.1 Å². The van der Waals surface area contributed by atoms with Gasteiger partial charge in [0.1, 0.15) is 12.3 Å². The average Bonchev–Trinajstić information content (AvgIpc) is 2.69. The number of carbonyl (C=O) groups is 3. The van der Waals surface area contributed by atoms with Gasteiger partial charge in [-0.2, -0.15) is 8.78 Å². The van der Waals surface area contributed by atoms with Crippen molar-refractivity contribution in [3.63, 3.8) is 0 Å². The van der Waals surface area contributed by atoms with E-state index in [0.717, 1.165) is 19.3 Å². The lowest BCUT2D eigenvalue weighted by molar-refractivity contribution is -0.150. The van der Waals surface area contributed by atoms with Gasteiger partial charge in [0, 0.05) is 11.0 Å². The molecule has 4 fully saturated rings. The topological polar surface area (TPSA) is 81.7 Å². The third kappa shape index (κ3) is 4.47. The van der Waals surface area contributed by atoms with Gasteiger partial charge in [-0.25, -0.2) is 0 Å². The molecule has 30 heavy (non-hydrogen) atoms. The van der Waals surface area contributed by atoms with E-state index in [4.69, 9.17) is 4.74 Å². The second-order valence-electron chi connectivity index (χ2n) is 8.87. The van der Waals surface area contributed by atoms with E-state index in [9.17, 15) is 23.2 Å². The quantitative estimate of drug-likeness (QED) is 0.514. The Balaban J connectivity index is 1.22. The van der Waals surface area contributed by atoms with Crippen LogP contribution in [0.2, 0.25) is 0 Å². The van der Waals surface area contributed by atoms with Crippen molar-refractivity contribution < 1.29 is 32.6 Å². The van der Waals surface area contributed by atoms with E-state index >= 15 is 0 Å². The number of hydrogen-bond acceptors (Lipinski definition) is 5. The van der Waals surface area contributed by atoms with Crippen LogP contribution in [0.25, 0.3) is 0 Å². The number of nitrogens with one attached hydrogen (secondary N) is 1. The molecule has 1 aromatic carbocycles. The normalized spacial score (nSPS) is 29.0. The van der Waals surface area contributed by atoms with Crippen LogP contribution in [0.4, 0.5) is 8.78 Å². The number of alkyl halides is 2. The molecule has 4 aliphatic rings. The molecule has 0 radical (unpaired) electrons. The number of amides is 1. The second kappa shape index (κ2) is 8.32. The highest BCUT2D eigenvalue weighted by Gasteiger charge is 2.54. The number of hydrogen-bond donors (Lipinski definition) is 1. The van der Waals surface area contributed by atoms with Crippen LogP contribution in [0.3, 0.4) is 0 Å². The summed E-state index contributed by atoms with van der Waals surface area (Å²) in [4.78, 5) is 36.9. The van der Waals surface area contributed by atoms with Crippen molar-refractivity contribution in [1.29, 1.82) is 0 Å². The fourth-order valence-electron chi connectivity index (χ4n) is 5.83. The first-order valence-corrected chi connectivity index (χ1v) is 10.3. The fourth-order valence-corrected chi connectivity index (χ4v) is 5.83. The molecule has 0 atom stereocenters. The summed E-state index contributed by atoms with van der Waals surface area (Å²) in [6.07, 6.45) is 6.40. The van der Waals surface area contributed by atoms with Crippen LogP contribution in [0, 0.1) is 23.2 Å². The molecule has 8 heteroatoms. The Hall–Kier alpha value is -2.51. The van der Waals surface area contributed by atoms with Crippen molar-refractivity contribution in [2.45, 2.75) is 45.1 Å². The van der Waals surface area contributed by atoms with E-state index in [1.165, 1.54) is 43.5 Å². The monoisotopic (exact) mass is 421 g/mol. The predicted molar refractivity (Wildman–Crippen MR) is 102 cm³/mol. The Morgan fingerprint density at radius 1 is 1.00 bits per heavy atom. The van der Waals surface area contributed by atoms with Crippen LogP contribution >= 0.6 is 0 Å². The van der Waals surface area contributed by atoms with Crippen LogP contribution in [-0.2, 0) is 14.3 Å². The predicted octanol–water partition coefficient (Wildman–Crippen LogP) is 3.35. The molecule has 4 aliphatic carbocycles. The Morgan fingerprint density at radius 3 is 2.10 bits per heavy atom. The van der Waals surface area contributed by atoms with Gasteiger partial charge in [0.25, 0.3) is 0 Å². The molecule has 5 rings (SSSR count). The summed E-state index contributed by atoms with van der Waals surface area (Å²) in [6.45, 7) is -3.70. The first-order valence-electron chi connectivity index (χ1n) is 10.3. The molecular weight excluding hydrogens is 396 g/mol. The van der Waals surface area contributed by atoms with Crippen molar-refractivity contribution in [3.05, 3.63) is 29.8 Å². The summed E-state index contributed by atoms with van der Waals surface area (Å²) in [5, 5.41) is 2.72. The smallest absolute Gasteiger partial charge is 0.387 e. The van der Waals surface area contributed by atoms with Gasteiger partial charge in [-0.3, -0.25) is 14.4 Å². The number of halogens is 2. The van der Waals surface area contributed by atoms with Gasteiger partial charge in [-0.1, -0.05) is 0 Å². The maximum absolute atomic E-state index is 12.8. The third-order valence-electron chi connectivity index (χ3n) is 6.68. The molecule has 1 N–H and O–H groups in total. The van der Waals surface area contributed by atoms with E-state index in [1.54, 1.807) is 0 Å². The Kier molecular flexibility index (Phi) is 5.75. The molecule has 162 valence electrons. The minimum Gasteiger partial charge on any atom is -0.456 e. The molecular formula is C22H25F2NO5. The lowest BCUT2D eigenvalue weighted by Crippen LogP contribution is -2.54. The zero-order chi connectivity index (χ0) is 21.3. The summed E-state index contributed by atoms with van der Waals surface area (Å²) < 4.78 is 33.5. The van der Waals surface area contributed by atoms with Gasteiger partial charge in [-0.05, 0) is 80.5 Å². The van der Waals surface area contributed by atoms with Crippen molar-refractivity contribution in [1.82, 2.24) is 5.32 Å². The van der Waals surface area contributed by atoms with E-state index in [0.29, 0.717) is 17.8 Å². The maximum Gasteiger partial charge on any atom is 0.387 e. The lowest BCUT2D eigenvalue weighted by Gasteiger charge is -2.55. The Labute approximate surface area is 173 Å². The Morgan fingerprint density at radius 2 is 1.57 bits per heavy atom. The molecule has 0 saturated heterocycles. The van der Waals surface area contributed by atoms with Crippen LogP contribution in [0.1, 0.15) is 48.9 Å². The number of benzene rings is 1. The summed E-state index contributed by atoms with van der Waals surface area (Å²) in [5.41, 5.74) is -0.130. The van der Waals surface area contributed by atoms with Crippen molar-refractivity contribution >= 4 is 17.7 Å². The van der Waals surface area contributed by atoms with Gasteiger partial charge < -0.3 is 14.8 Å². The Bertz CT molecular complexity index is 788. The first-order chi connectivity index (χ1) is 14.3. The van der Waals surface area contributed by atoms with Crippen molar-refractivity contribution in [2.75, 3.05) is 13.2 Å². The standard InChI is InChI=1S/C22H25F2NO5/c23-21(24)30-17-3-1-16(2-4-17)18(26)12-29-19(27)11-25-20(28)22-8-13-5-14(9-22)7-15(6-13)10-22/h1-4,13-15,21H,5-12H2,(H,25,28). The van der Waals surface area contributed by atoms with Gasteiger partial charge in [-0.15, -0.1) is 0 Å². The SMILES string of the molecule is O=C(CNC(=O)C12CC3CC(CC(C3)C1)C2)OCC(=O)c1ccc(OC(F)F)cc1. The number of Topliss-reactive ketones (excluding diaryl/α,β-unsaturated/α-hetero) is 1. The largest absolute Gasteiger partial charge is 0.456 e. The minimum atomic E-state index is -2.94. The molecule has 1 aromatic rings. The highest BCUT2D eigenvalue weighted by atomic mass is 19.3. The van der Waals surface area contributed by atoms with E-state index < -0.39 is 25.0 Å². The molecule has 4 saturated carbocycles. The molecule has 0 heterocycles. The number of carbonyl (C=O) groups excluding carboxylic acids is 3. The van der Waals surface area contributed by atoms with Gasteiger partial charge >= 0.3 is 12.6 Å². The number of esters is 1. The molecule has 4 bridgehead atoms. The average molecular weight is 421 g/mol. The maximum atomic E-state index is 12.8. The third-order valence-corrected chi connectivity index (χ3v) is 6.68. The van der Waals surface area contributed by atoms with Gasteiger partial charge in [0.15, 0.2) is 12.4 Å². The van der Waals surface area contributed by atoms with E-state index in [2.05, 4.69) is 10.1 Å². The van der Waals surface area contributed by atoms with Crippen LogP contribution in [0.5, 0.6) is 5.75 Å². The zero-order valence-electron chi connectivity index (χ0n) is 16.6. The highest BCUT2D eigenvalue weighted by molar-refractivity contribution is 5.98. The molecule has 0 spiro atoms. The fraction of sp³-hybridized carbons (Fsp3) is 0.591. The highest BCUT2D eigenvalue weighted by Crippen LogP contribution is 2.60. The number of ketones is 1. The van der Waals surface area contributed by atoms with E-state index in [-0.39, 0.29) is 29.2 Å². The summed E-state index contributed by atoms with van der Waals surface area (Å²) >= 11 is 0. The van der Waals surface area contributed by atoms with Gasteiger partial charge in [0.2, 0.25) is 5.91 Å². The first kappa shape index (κ1) is 20.8. The number of ether oxygens (including phenoxy) is 2. The van der Waals surface area contributed by atoms with Crippen molar-refractivity contribution in [2.24, 2.45) is 23.2 Å². The molecule has 6 nitrogen and oxygen atoms in total. The molecule has 0 unspecified atom stereocenters. The molecule has 1 amide bonds. The van der Waals surface area contributed by atoms with Crippen molar-refractivity contribution in [3.8, 4) is 5.75 Å². The summed E-state index contributed by atoms with van der Waals surface area (Å²) in [5.74, 6) is 0.598. The zero-order valence-corrected chi connectivity index (χ0v) is 16.6. The van der Waals surface area contributed by atoms with Gasteiger partial charge in [0.05, 0.1) is 0 Å².